The van der Waals surface area contributed by atoms with E-state index in [-0.39, 0.29) is 12.5 Å². The van der Waals surface area contributed by atoms with Gasteiger partial charge in [-0.25, -0.2) is 0 Å². The largest absolute Gasteiger partial charge is 0.396 e. The fourth-order valence-corrected chi connectivity index (χ4v) is 4.25. The van der Waals surface area contributed by atoms with Gasteiger partial charge in [0.2, 0.25) is 0 Å². The van der Waals surface area contributed by atoms with Gasteiger partial charge in [-0.3, -0.25) is 4.79 Å². The van der Waals surface area contributed by atoms with Gasteiger partial charge in [-0.2, -0.15) is 11.8 Å². The first-order valence-electron chi connectivity index (χ1n) is 6.39. The molecular formula is C13H19NO2S2. The van der Waals surface area contributed by atoms with Crippen molar-refractivity contribution in [3.05, 3.63) is 21.4 Å². The van der Waals surface area contributed by atoms with Gasteiger partial charge in [0.15, 0.2) is 0 Å². The number of carbonyl (C=O) groups is 1. The number of aryl methyl sites for hydroxylation is 1. The average molecular weight is 285 g/mol. The second-order valence-corrected chi connectivity index (χ2v) is 6.64. The lowest BCUT2D eigenvalue weighted by Crippen LogP contribution is -2.23. The Balaban J connectivity index is 1.80. The van der Waals surface area contributed by atoms with Crippen LogP contribution in [0.1, 0.15) is 39.4 Å². The molecule has 2 N–H and O–H groups in total. The zero-order chi connectivity index (χ0) is 12.8. The quantitative estimate of drug-likeness (QED) is 0.789. The van der Waals surface area contributed by atoms with Gasteiger partial charge in [-0.1, -0.05) is 0 Å². The molecular weight excluding hydrogens is 266 g/mol. The second kappa shape index (κ2) is 7.16. The molecule has 0 radical (unpaired) electrons. The Bertz CT molecular complexity index is 380. The molecule has 1 aliphatic heterocycles. The zero-order valence-corrected chi connectivity index (χ0v) is 12.0. The molecule has 0 spiro atoms. The van der Waals surface area contributed by atoms with Gasteiger partial charge < -0.3 is 10.4 Å². The summed E-state index contributed by atoms with van der Waals surface area (Å²) in [6, 6.07) is 2.05. The topological polar surface area (TPSA) is 49.3 Å². The molecule has 1 aliphatic rings. The van der Waals surface area contributed by atoms with Crippen LogP contribution in [0.25, 0.3) is 0 Å². The summed E-state index contributed by atoms with van der Waals surface area (Å²) in [7, 11) is 0. The molecule has 1 aromatic rings. The zero-order valence-electron chi connectivity index (χ0n) is 10.4. The lowest BCUT2D eigenvalue weighted by atomic mass is 10.2. The Labute approximate surface area is 116 Å². The van der Waals surface area contributed by atoms with Crippen molar-refractivity contribution in [3.8, 4) is 0 Å². The standard InChI is InChI=1S/C13H19NO2S2/c15-6-3-1-2-5-14-13(16)12-8-10-9-17-7-4-11(10)18-12/h8,15H,1-7,9H2,(H,14,16). The Hall–Kier alpha value is -0.520. The molecule has 2 rings (SSSR count). The maximum atomic E-state index is 11.9. The van der Waals surface area contributed by atoms with Crippen LogP contribution in [0.5, 0.6) is 0 Å². The molecule has 2 heterocycles. The number of thioether (sulfide) groups is 1. The SMILES string of the molecule is O=C(NCCCCCO)c1cc2c(s1)CCSC2. The highest BCUT2D eigenvalue weighted by Crippen LogP contribution is 2.31. The Morgan fingerprint density at radius 3 is 3.06 bits per heavy atom. The summed E-state index contributed by atoms with van der Waals surface area (Å²) in [6.07, 6.45) is 3.83. The summed E-state index contributed by atoms with van der Waals surface area (Å²) in [5.74, 6) is 2.29. The third-order valence-electron chi connectivity index (χ3n) is 2.97. The van der Waals surface area contributed by atoms with Crippen molar-refractivity contribution in [1.29, 1.82) is 0 Å². The number of amides is 1. The van der Waals surface area contributed by atoms with Gasteiger partial charge in [0.25, 0.3) is 5.91 Å². The van der Waals surface area contributed by atoms with Crippen molar-refractivity contribution in [3.63, 3.8) is 0 Å². The molecule has 0 atom stereocenters. The third-order valence-corrected chi connectivity index (χ3v) is 5.22. The normalized spacial score (nSPS) is 14.3. The summed E-state index contributed by atoms with van der Waals surface area (Å²) < 4.78 is 0. The first-order chi connectivity index (χ1) is 8.81. The van der Waals surface area contributed by atoms with Gasteiger partial charge in [-0.05, 0) is 43.1 Å². The maximum Gasteiger partial charge on any atom is 0.261 e. The summed E-state index contributed by atoms with van der Waals surface area (Å²) in [6.45, 7) is 0.944. The minimum absolute atomic E-state index is 0.0587. The van der Waals surface area contributed by atoms with Crippen LogP contribution in [0.3, 0.4) is 0 Å². The van der Waals surface area contributed by atoms with E-state index in [4.69, 9.17) is 5.11 Å². The minimum atomic E-state index is 0.0587. The maximum absolute atomic E-state index is 11.9. The van der Waals surface area contributed by atoms with E-state index in [2.05, 4.69) is 11.4 Å². The fraction of sp³-hybridized carbons (Fsp3) is 0.615. The van der Waals surface area contributed by atoms with Gasteiger partial charge in [-0.15, -0.1) is 11.3 Å². The predicted octanol–water partition coefficient (Wildman–Crippen LogP) is 2.43. The highest BCUT2D eigenvalue weighted by molar-refractivity contribution is 7.98. The van der Waals surface area contributed by atoms with Gasteiger partial charge in [0, 0.05) is 23.8 Å². The van der Waals surface area contributed by atoms with Crippen LogP contribution in [0.4, 0.5) is 0 Å². The summed E-state index contributed by atoms with van der Waals surface area (Å²) in [4.78, 5) is 14.2. The molecule has 0 unspecified atom stereocenters. The molecule has 18 heavy (non-hydrogen) atoms. The number of hydrogen-bond acceptors (Lipinski definition) is 4. The number of aliphatic hydroxyl groups is 1. The van der Waals surface area contributed by atoms with Crippen LogP contribution in [0, 0.1) is 0 Å². The molecule has 0 bridgehead atoms. The molecule has 1 aromatic heterocycles. The van der Waals surface area contributed by atoms with Crippen LogP contribution in [0.15, 0.2) is 6.07 Å². The predicted molar refractivity (Wildman–Crippen MR) is 77.5 cm³/mol. The number of nitrogens with one attached hydrogen (secondary N) is 1. The van der Waals surface area contributed by atoms with Gasteiger partial charge in [0.1, 0.15) is 0 Å². The number of fused-ring (bicyclic) bond motifs is 1. The molecule has 0 aromatic carbocycles. The monoisotopic (exact) mass is 285 g/mol. The number of aliphatic hydroxyl groups excluding tert-OH is 1. The Kier molecular flexibility index (Phi) is 5.53. The van der Waals surface area contributed by atoms with Crippen LogP contribution in [-0.4, -0.2) is 29.9 Å². The molecule has 5 heteroatoms. The summed E-state index contributed by atoms with van der Waals surface area (Å²) in [5.41, 5.74) is 1.35. The van der Waals surface area contributed by atoms with Gasteiger partial charge in [0.05, 0.1) is 4.88 Å². The van der Waals surface area contributed by atoms with Crippen molar-refractivity contribution < 1.29 is 9.90 Å². The highest BCUT2D eigenvalue weighted by Gasteiger charge is 2.16. The molecule has 0 aliphatic carbocycles. The van der Waals surface area contributed by atoms with E-state index in [9.17, 15) is 4.79 Å². The van der Waals surface area contributed by atoms with E-state index in [1.165, 1.54) is 16.2 Å². The Morgan fingerprint density at radius 2 is 2.28 bits per heavy atom. The van der Waals surface area contributed by atoms with E-state index in [0.717, 1.165) is 36.3 Å². The smallest absolute Gasteiger partial charge is 0.261 e. The number of rotatable bonds is 6. The average Bonchev–Trinajstić information content (AvgIpc) is 2.82. The second-order valence-electron chi connectivity index (χ2n) is 4.40. The van der Waals surface area contributed by atoms with Crippen molar-refractivity contribution in [2.75, 3.05) is 18.9 Å². The van der Waals surface area contributed by atoms with Crippen molar-refractivity contribution in [2.45, 2.75) is 31.4 Å². The van der Waals surface area contributed by atoms with Crippen LogP contribution < -0.4 is 5.32 Å². The van der Waals surface area contributed by atoms with E-state index >= 15 is 0 Å². The first-order valence-corrected chi connectivity index (χ1v) is 8.37. The van der Waals surface area contributed by atoms with Crippen LogP contribution in [-0.2, 0) is 12.2 Å². The number of carbonyl (C=O) groups excluding carboxylic acids is 1. The highest BCUT2D eigenvalue weighted by atomic mass is 32.2. The fourth-order valence-electron chi connectivity index (χ4n) is 1.96. The van der Waals surface area contributed by atoms with Crippen molar-refractivity contribution in [2.24, 2.45) is 0 Å². The van der Waals surface area contributed by atoms with E-state index < -0.39 is 0 Å². The Morgan fingerprint density at radius 1 is 1.39 bits per heavy atom. The summed E-state index contributed by atoms with van der Waals surface area (Å²) in [5, 5.41) is 11.6. The molecule has 100 valence electrons. The lowest BCUT2D eigenvalue weighted by Gasteiger charge is -2.08. The number of thiophene rings is 1. The molecule has 3 nitrogen and oxygen atoms in total. The molecule has 0 saturated heterocycles. The van der Waals surface area contributed by atoms with Crippen LogP contribution in [0.2, 0.25) is 0 Å². The third kappa shape index (κ3) is 3.73. The molecule has 0 saturated carbocycles. The van der Waals surface area contributed by atoms with Crippen molar-refractivity contribution in [1.82, 2.24) is 5.32 Å². The van der Waals surface area contributed by atoms with Crippen molar-refractivity contribution >= 4 is 29.0 Å². The number of hydrogen-bond donors (Lipinski definition) is 2. The van der Waals surface area contributed by atoms with E-state index in [1.807, 2.05) is 11.8 Å². The van der Waals surface area contributed by atoms with Crippen LogP contribution >= 0.6 is 23.1 Å². The number of unbranched alkanes of at least 4 members (excludes halogenated alkanes) is 2. The minimum Gasteiger partial charge on any atom is -0.396 e. The van der Waals surface area contributed by atoms with Gasteiger partial charge >= 0.3 is 0 Å². The lowest BCUT2D eigenvalue weighted by molar-refractivity contribution is 0.0957. The van der Waals surface area contributed by atoms with E-state index in [1.54, 1.807) is 11.3 Å². The first kappa shape index (κ1) is 13.9. The van der Waals surface area contributed by atoms with E-state index in [0.29, 0.717) is 6.54 Å². The molecule has 0 fully saturated rings. The summed E-state index contributed by atoms with van der Waals surface area (Å²) >= 11 is 3.59. The molecule has 1 amide bonds.